The number of alkyl halides is 3. The van der Waals surface area contributed by atoms with E-state index in [2.05, 4.69) is 20.7 Å². The molecular weight excluding hydrogens is 471 g/mol. The molecule has 4 aromatic rings. The molecule has 1 aliphatic heterocycles. The van der Waals surface area contributed by atoms with Crippen molar-refractivity contribution in [2.24, 2.45) is 7.05 Å². The summed E-state index contributed by atoms with van der Waals surface area (Å²) in [5.41, 5.74) is 1.82. The van der Waals surface area contributed by atoms with E-state index in [-0.39, 0.29) is 28.4 Å². The topological polar surface area (TPSA) is 88.9 Å². The fraction of sp³-hybridized carbons (Fsp3) is 0.154. The van der Waals surface area contributed by atoms with Crippen molar-refractivity contribution in [3.8, 4) is 22.4 Å². The van der Waals surface area contributed by atoms with Crippen molar-refractivity contribution in [2.45, 2.75) is 12.6 Å². The number of nitrogens with zero attached hydrogens (tertiary/aromatic N) is 3. The quantitative estimate of drug-likeness (QED) is 0.433. The Morgan fingerprint density at radius 2 is 1.89 bits per heavy atom. The zero-order valence-electron chi connectivity index (χ0n) is 19.1. The van der Waals surface area contributed by atoms with Crippen LogP contribution in [0.4, 0.5) is 18.9 Å². The minimum Gasteiger partial charge on any atom is -0.350 e. The van der Waals surface area contributed by atoms with E-state index in [0.29, 0.717) is 29.8 Å². The van der Waals surface area contributed by atoms with Gasteiger partial charge in [0, 0.05) is 36.5 Å². The van der Waals surface area contributed by atoms with Crippen molar-refractivity contribution in [1.29, 1.82) is 0 Å². The number of hydrogen-bond acceptors (Lipinski definition) is 4. The van der Waals surface area contributed by atoms with E-state index in [1.165, 1.54) is 29.2 Å². The second-order valence-corrected chi connectivity index (χ2v) is 8.33. The minimum atomic E-state index is -4.62. The molecule has 182 valence electrons. The number of hydrogen-bond donors (Lipinski definition) is 2. The van der Waals surface area contributed by atoms with Gasteiger partial charge in [0.15, 0.2) is 0 Å². The van der Waals surface area contributed by atoms with Crippen LogP contribution in [0.5, 0.6) is 0 Å². The van der Waals surface area contributed by atoms with Gasteiger partial charge in [-0.05, 0) is 41.8 Å². The second-order valence-electron chi connectivity index (χ2n) is 8.33. The Labute approximate surface area is 204 Å². The molecule has 0 unspecified atom stereocenters. The van der Waals surface area contributed by atoms with Gasteiger partial charge in [0.25, 0.3) is 11.8 Å². The highest BCUT2D eigenvalue weighted by Gasteiger charge is 2.35. The molecule has 1 aliphatic rings. The lowest BCUT2D eigenvalue weighted by molar-refractivity contribution is -0.137. The lowest BCUT2D eigenvalue weighted by atomic mass is 9.93. The van der Waals surface area contributed by atoms with Gasteiger partial charge in [-0.1, -0.05) is 30.3 Å². The summed E-state index contributed by atoms with van der Waals surface area (Å²) in [6.45, 7) is 0.428. The van der Waals surface area contributed by atoms with E-state index < -0.39 is 17.6 Å². The Kier molecular flexibility index (Phi) is 5.79. The number of pyridine rings is 1. The standard InChI is InChI=1S/C26H20F3N5O2/c1-34-12-10-20(33-34)18-13-16(7-8-19(18)26(27,28)29)24(35)32-21-14-31-23-17(9-11-30-25(23)36)22(21)15-5-3-2-4-6-15/h2-8,10,12-14H,9,11H2,1H3,(H,30,36)(H,32,35). The van der Waals surface area contributed by atoms with Crippen molar-refractivity contribution >= 4 is 17.5 Å². The van der Waals surface area contributed by atoms with Gasteiger partial charge in [0.05, 0.1) is 23.1 Å². The SMILES string of the molecule is Cn1ccc(-c2cc(C(=O)Nc3cnc4c(c3-c3ccccc3)CCNC4=O)ccc2C(F)(F)F)n1. The average Bonchev–Trinajstić information content (AvgIpc) is 3.30. The third kappa shape index (κ3) is 4.33. The lowest BCUT2D eigenvalue weighted by Crippen LogP contribution is -2.33. The van der Waals surface area contributed by atoms with Gasteiger partial charge in [0.2, 0.25) is 0 Å². The molecule has 0 bridgehead atoms. The maximum Gasteiger partial charge on any atom is 0.417 e. The van der Waals surface area contributed by atoms with Crippen LogP contribution in [-0.2, 0) is 19.6 Å². The Morgan fingerprint density at radius 1 is 1.11 bits per heavy atom. The van der Waals surface area contributed by atoms with Gasteiger partial charge < -0.3 is 10.6 Å². The number of aryl methyl sites for hydroxylation is 1. The minimum absolute atomic E-state index is 0.0260. The third-order valence-corrected chi connectivity index (χ3v) is 5.94. The maximum atomic E-state index is 13.7. The molecule has 2 aromatic heterocycles. The third-order valence-electron chi connectivity index (χ3n) is 5.94. The van der Waals surface area contributed by atoms with Gasteiger partial charge in [-0.25, -0.2) is 4.98 Å². The number of benzene rings is 2. The number of anilines is 1. The van der Waals surface area contributed by atoms with Gasteiger partial charge in [-0.2, -0.15) is 18.3 Å². The highest BCUT2D eigenvalue weighted by molar-refractivity contribution is 6.08. The highest BCUT2D eigenvalue weighted by Crippen LogP contribution is 2.38. The summed E-state index contributed by atoms with van der Waals surface area (Å²) in [5.74, 6) is -0.908. The molecule has 5 rings (SSSR count). The summed E-state index contributed by atoms with van der Waals surface area (Å²) in [7, 11) is 1.60. The lowest BCUT2D eigenvalue weighted by Gasteiger charge is -2.22. The fourth-order valence-electron chi connectivity index (χ4n) is 4.30. The molecule has 2 N–H and O–H groups in total. The summed E-state index contributed by atoms with van der Waals surface area (Å²) in [4.78, 5) is 29.9. The molecule has 0 fully saturated rings. The van der Waals surface area contributed by atoms with Gasteiger partial charge in [0.1, 0.15) is 5.69 Å². The van der Waals surface area contributed by atoms with Gasteiger partial charge in [-0.3, -0.25) is 14.3 Å². The fourth-order valence-corrected chi connectivity index (χ4v) is 4.30. The molecular formula is C26H20F3N5O2. The van der Waals surface area contributed by atoms with Crippen LogP contribution in [0.25, 0.3) is 22.4 Å². The first-order chi connectivity index (χ1) is 17.2. The second kappa shape index (κ2) is 8.95. The molecule has 7 nitrogen and oxygen atoms in total. The molecule has 0 spiro atoms. The van der Waals surface area contributed by atoms with E-state index in [1.54, 1.807) is 7.05 Å². The van der Waals surface area contributed by atoms with Gasteiger partial charge >= 0.3 is 6.18 Å². The summed E-state index contributed by atoms with van der Waals surface area (Å²) < 4.78 is 42.4. The molecule has 0 aliphatic carbocycles. The predicted octanol–water partition coefficient (Wildman–Crippen LogP) is 4.71. The zero-order valence-corrected chi connectivity index (χ0v) is 19.1. The molecule has 0 radical (unpaired) electrons. The van der Waals surface area contributed by atoms with E-state index >= 15 is 0 Å². The van der Waals surface area contributed by atoms with Crippen molar-refractivity contribution in [3.63, 3.8) is 0 Å². The molecule has 2 amide bonds. The molecule has 0 saturated carbocycles. The number of fused-ring (bicyclic) bond motifs is 1. The Morgan fingerprint density at radius 3 is 2.58 bits per heavy atom. The smallest absolute Gasteiger partial charge is 0.350 e. The van der Waals surface area contributed by atoms with E-state index in [4.69, 9.17) is 0 Å². The highest BCUT2D eigenvalue weighted by atomic mass is 19.4. The Balaban J connectivity index is 1.57. The van der Waals surface area contributed by atoms with E-state index in [1.807, 2.05) is 30.3 Å². The van der Waals surface area contributed by atoms with Crippen LogP contribution in [0.2, 0.25) is 0 Å². The van der Waals surface area contributed by atoms with E-state index in [9.17, 15) is 22.8 Å². The zero-order chi connectivity index (χ0) is 25.4. The number of carbonyl (C=O) groups is 2. The molecule has 0 atom stereocenters. The van der Waals surface area contributed by atoms with Gasteiger partial charge in [-0.15, -0.1) is 0 Å². The van der Waals surface area contributed by atoms with Crippen molar-refractivity contribution < 1.29 is 22.8 Å². The van der Waals surface area contributed by atoms with Crippen LogP contribution in [0.3, 0.4) is 0 Å². The van der Waals surface area contributed by atoms with Crippen LogP contribution in [-0.4, -0.2) is 33.1 Å². The van der Waals surface area contributed by atoms with Crippen LogP contribution < -0.4 is 10.6 Å². The molecule has 3 heterocycles. The molecule has 36 heavy (non-hydrogen) atoms. The Hall–Kier alpha value is -4.47. The molecule has 0 saturated heterocycles. The van der Waals surface area contributed by atoms with Crippen LogP contribution >= 0.6 is 0 Å². The number of halogens is 3. The number of amides is 2. The first kappa shape index (κ1) is 23.3. The van der Waals surface area contributed by atoms with Crippen molar-refractivity contribution in [1.82, 2.24) is 20.1 Å². The number of nitrogens with one attached hydrogen (secondary N) is 2. The van der Waals surface area contributed by atoms with Crippen LogP contribution in [0, 0.1) is 0 Å². The summed E-state index contributed by atoms with van der Waals surface area (Å²) in [6, 6.07) is 13.9. The Bertz CT molecular complexity index is 1480. The van der Waals surface area contributed by atoms with E-state index in [0.717, 1.165) is 17.7 Å². The molecule has 10 heteroatoms. The predicted molar refractivity (Wildman–Crippen MR) is 127 cm³/mol. The maximum absolute atomic E-state index is 13.7. The first-order valence-electron chi connectivity index (χ1n) is 11.1. The van der Waals surface area contributed by atoms with Crippen molar-refractivity contribution in [2.75, 3.05) is 11.9 Å². The van der Waals surface area contributed by atoms with Crippen molar-refractivity contribution in [3.05, 3.63) is 89.4 Å². The van der Waals surface area contributed by atoms with Crippen LogP contribution in [0.15, 0.2) is 67.0 Å². The summed E-state index contributed by atoms with van der Waals surface area (Å²) in [5, 5.41) is 9.63. The van der Waals surface area contributed by atoms with Crippen LogP contribution in [0.1, 0.15) is 32.0 Å². The number of carbonyl (C=O) groups excluding carboxylic acids is 2. The molecule has 2 aromatic carbocycles. The normalized spacial score (nSPS) is 13.2. The largest absolute Gasteiger partial charge is 0.417 e. The average molecular weight is 491 g/mol. The monoisotopic (exact) mass is 491 g/mol. The first-order valence-corrected chi connectivity index (χ1v) is 11.1. The summed E-state index contributed by atoms with van der Waals surface area (Å²) in [6.07, 6.45) is -1.17. The summed E-state index contributed by atoms with van der Waals surface area (Å²) >= 11 is 0. The number of rotatable bonds is 4. The number of aromatic nitrogens is 3.